The summed E-state index contributed by atoms with van der Waals surface area (Å²) in [6.07, 6.45) is -1.54. The first-order valence-electron chi connectivity index (χ1n) is 7.52. The minimum Gasteiger partial charge on any atom is -0.274 e. The van der Waals surface area contributed by atoms with Crippen LogP contribution in [0.3, 0.4) is 0 Å². The molecule has 23 heavy (non-hydrogen) atoms. The topological polar surface area (TPSA) is 37.4 Å². The molecule has 1 aromatic carbocycles. The smallest absolute Gasteiger partial charge is 0.274 e. The average Bonchev–Trinajstić information content (AvgIpc) is 3.10. The molecular formula is C17H14F3NO2. The van der Waals surface area contributed by atoms with E-state index in [1.165, 1.54) is 12.1 Å². The molecule has 0 spiro atoms. The molecular weight excluding hydrogens is 307 g/mol. The van der Waals surface area contributed by atoms with Crippen molar-refractivity contribution < 1.29 is 22.8 Å². The van der Waals surface area contributed by atoms with E-state index in [1.807, 2.05) is 6.92 Å². The van der Waals surface area contributed by atoms with Crippen LogP contribution >= 0.6 is 0 Å². The second-order valence-electron chi connectivity index (χ2n) is 6.52. The van der Waals surface area contributed by atoms with Gasteiger partial charge in [0.1, 0.15) is 0 Å². The summed E-state index contributed by atoms with van der Waals surface area (Å²) in [7, 11) is 0. The Morgan fingerprint density at radius 1 is 1.04 bits per heavy atom. The molecule has 4 atom stereocenters. The van der Waals surface area contributed by atoms with Gasteiger partial charge in [-0.15, -0.1) is 0 Å². The number of alkyl halides is 3. The van der Waals surface area contributed by atoms with Gasteiger partial charge in [-0.3, -0.25) is 14.5 Å². The summed E-state index contributed by atoms with van der Waals surface area (Å²) in [5, 5.41) is 0. The summed E-state index contributed by atoms with van der Waals surface area (Å²) in [5.74, 6) is -1.07. The number of nitrogens with zero attached hydrogens (tertiary/aromatic N) is 1. The Balaban J connectivity index is 1.67. The standard InChI is InChI=1S/C17H14F3NO2/c1-8-6-9-7-12(8)14-13(9)15(22)21(16(14)23)11-4-2-10(3-5-11)17(18,19)20/h2-6,9,12-14H,7H2,1H3/t9-,12-,13+,14+/m1/s1. The molecule has 2 amide bonds. The minimum atomic E-state index is -4.44. The molecule has 2 bridgehead atoms. The van der Waals surface area contributed by atoms with Crippen LogP contribution in [0.1, 0.15) is 18.9 Å². The Kier molecular flexibility index (Phi) is 2.81. The Hall–Kier alpha value is -2.11. The molecule has 3 aliphatic rings. The van der Waals surface area contributed by atoms with Crippen LogP contribution in [0, 0.1) is 23.7 Å². The fraction of sp³-hybridized carbons (Fsp3) is 0.412. The Morgan fingerprint density at radius 2 is 1.65 bits per heavy atom. The van der Waals surface area contributed by atoms with Crippen LogP contribution in [-0.4, -0.2) is 11.8 Å². The highest BCUT2D eigenvalue weighted by Gasteiger charge is 2.60. The van der Waals surface area contributed by atoms with E-state index in [1.54, 1.807) is 0 Å². The molecule has 1 heterocycles. The first-order chi connectivity index (χ1) is 10.8. The van der Waals surface area contributed by atoms with Crippen molar-refractivity contribution in [1.82, 2.24) is 0 Å². The number of hydrogen-bond donors (Lipinski definition) is 0. The Morgan fingerprint density at radius 3 is 2.26 bits per heavy atom. The van der Waals surface area contributed by atoms with Crippen molar-refractivity contribution in [2.45, 2.75) is 19.5 Å². The third kappa shape index (κ3) is 1.90. The molecule has 1 aliphatic heterocycles. The lowest BCUT2D eigenvalue weighted by molar-refractivity contribution is -0.137. The van der Waals surface area contributed by atoms with Crippen LogP contribution in [0.25, 0.3) is 0 Å². The summed E-state index contributed by atoms with van der Waals surface area (Å²) in [5.41, 5.74) is 0.573. The van der Waals surface area contributed by atoms with Crippen LogP contribution in [0.4, 0.5) is 18.9 Å². The van der Waals surface area contributed by atoms with Gasteiger partial charge in [-0.2, -0.15) is 13.2 Å². The van der Waals surface area contributed by atoms with Crippen molar-refractivity contribution in [3.05, 3.63) is 41.5 Å². The van der Waals surface area contributed by atoms with E-state index in [4.69, 9.17) is 0 Å². The zero-order chi connectivity index (χ0) is 16.5. The second kappa shape index (κ2) is 4.46. The fourth-order valence-corrected chi connectivity index (χ4v) is 4.33. The number of fused-ring (bicyclic) bond motifs is 5. The Bertz CT molecular complexity index is 735. The monoisotopic (exact) mass is 321 g/mol. The lowest BCUT2D eigenvalue weighted by atomic mass is 9.82. The summed E-state index contributed by atoms with van der Waals surface area (Å²) >= 11 is 0. The number of anilines is 1. The lowest BCUT2D eigenvalue weighted by Gasteiger charge is -2.19. The molecule has 1 saturated heterocycles. The van der Waals surface area contributed by atoms with E-state index in [0.717, 1.165) is 29.0 Å². The third-order valence-corrected chi connectivity index (χ3v) is 5.33. The van der Waals surface area contributed by atoms with Crippen LogP contribution in [-0.2, 0) is 15.8 Å². The van der Waals surface area contributed by atoms with E-state index in [0.29, 0.717) is 0 Å². The Labute approximate surface area is 130 Å². The van der Waals surface area contributed by atoms with Gasteiger partial charge in [-0.05, 0) is 49.4 Å². The fourth-order valence-electron chi connectivity index (χ4n) is 4.33. The van der Waals surface area contributed by atoms with E-state index < -0.39 is 11.7 Å². The van der Waals surface area contributed by atoms with Gasteiger partial charge in [0, 0.05) is 0 Å². The molecule has 3 nitrogen and oxygen atoms in total. The quantitative estimate of drug-likeness (QED) is 0.587. The maximum Gasteiger partial charge on any atom is 0.416 e. The van der Waals surface area contributed by atoms with E-state index >= 15 is 0 Å². The number of amides is 2. The maximum absolute atomic E-state index is 12.7. The second-order valence-corrected chi connectivity index (χ2v) is 6.52. The van der Waals surface area contributed by atoms with Crippen LogP contribution in [0.15, 0.2) is 35.9 Å². The molecule has 0 unspecified atom stereocenters. The molecule has 4 rings (SSSR count). The summed E-state index contributed by atoms with van der Waals surface area (Å²) in [6, 6.07) is 4.20. The van der Waals surface area contributed by atoms with Gasteiger partial charge in [-0.25, -0.2) is 0 Å². The number of hydrogen-bond acceptors (Lipinski definition) is 2. The zero-order valence-electron chi connectivity index (χ0n) is 12.3. The molecule has 120 valence electrons. The number of halogens is 3. The molecule has 6 heteroatoms. The first kappa shape index (κ1) is 14.5. The molecule has 2 fully saturated rings. The largest absolute Gasteiger partial charge is 0.416 e. The maximum atomic E-state index is 12.7. The number of imide groups is 1. The van der Waals surface area contributed by atoms with Crippen LogP contribution < -0.4 is 4.90 Å². The third-order valence-electron chi connectivity index (χ3n) is 5.33. The van der Waals surface area contributed by atoms with E-state index in [2.05, 4.69) is 6.08 Å². The molecule has 1 saturated carbocycles. The lowest BCUT2D eigenvalue weighted by Crippen LogP contribution is -2.33. The highest BCUT2D eigenvalue weighted by atomic mass is 19.4. The highest BCUT2D eigenvalue weighted by molar-refractivity contribution is 6.22. The van der Waals surface area contributed by atoms with Crippen molar-refractivity contribution in [2.75, 3.05) is 4.90 Å². The van der Waals surface area contributed by atoms with Crippen LogP contribution in [0.5, 0.6) is 0 Å². The highest BCUT2D eigenvalue weighted by Crippen LogP contribution is 2.55. The van der Waals surface area contributed by atoms with Gasteiger partial charge in [-0.1, -0.05) is 11.6 Å². The van der Waals surface area contributed by atoms with Gasteiger partial charge in [0.05, 0.1) is 23.1 Å². The van der Waals surface area contributed by atoms with Gasteiger partial charge in [0.2, 0.25) is 11.8 Å². The van der Waals surface area contributed by atoms with E-state index in [9.17, 15) is 22.8 Å². The zero-order valence-corrected chi connectivity index (χ0v) is 12.3. The van der Waals surface area contributed by atoms with Crippen LogP contribution in [0.2, 0.25) is 0 Å². The molecule has 1 aromatic rings. The number of allylic oxidation sites excluding steroid dienone is 2. The van der Waals surface area contributed by atoms with Gasteiger partial charge in [0.25, 0.3) is 0 Å². The number of carbonyl (C=O) groups is 2. The van der Waals surface area contributed by atoms with Gasteiger partial charge in [0.15, 0.2) is 0 Å². The average molecular weight is 321 g/mol. The summed E-state index contributed by atoms with van der Waals surface area (Å²) in [6.45, 7) is 1.97. The number of rotatable bonds is 1. The molecule has 0 N–H and O–H groups in total. The summed E-state index contributed by atoms with van der Waals surface area (Å²) < 4.78 is 37.9. The van der Waals surface area contributed by atoms with E-state index in [-0.39, 0.29) is 41.2 Å². The predicted molar refractivity (Wildman–Crippen MR) is 76.3 cm³/mol. The number of carbonyl (C=O) groups excluding carboxylic acids is 2. The minimum absolute atomic E-state index is 0.0842. The predicted octanol–water partition coefficient (Wildman–Crippen LogP) is 3.41. The van der Waals surface area contributed by atoms with Crippen molar-refractivity contribution in [3.63, 3.8) is 0 Å². The number of benzene rings is 1. The van der Waals surface area contributed by atoms with Crippen molar-refractivity contribution >= 4 is 17.5 Å². The van der Waals surface area contributed by atoms with Crippen molar-refractivity contribution in [2.24, 2.45) is 23.7 Å². The van der Waals surface area contributed by atoms with Gasteiger partial charge >= 0.3 is 6.18 Å². The molecule has 0 radical (unpaired) electrons. The molecule has 2 aliphatic carbocycles. The first-order valence-corrected chi connectivity index (χ1v) is 7.52. The molecule has 0 aromatic heterocycles. The van der Waals surface area contributed by atoms with Gasteiger partial charge < -0.3 is 0 Å². The summed E-state index contributed by atoms with van der Waals surface area (Å²) in [4.78, 5) is 26.4. The van der Waals surface area contributed by atoms with Crippen molar-refractivity contribution in [3.8, 4) is 0 Å². The normalized spacial score (nSPS) is 32.5. The van der Waals surface area contributed by atoms with Crippen molar-refractivity contribution in [1.29, 1.82) is 0 Å². The SMILES string of the molecule is CC1=C[C@@H]2C[C@H]1[C@@H]1C(=O)N(c3ccc(C(F)(F)F)cc3)C(=O)[C@H]12.